The fourth-order valence-corrected chi connectivity index (χ4v) is 4.63. The van der Waals surface area contributed by atoms with Crippen molar-refractivity contribution in [3.63, 3.8) is 0 Å². The molecular weight excluding hydrogens is 492 g/mol. The highest BCUT2D eigenvalue weighted by molar-refractivity contribution is 5.90. The number of amides is 1. The van der Waals surface area contributed by atoms with Gasteiger partial charge in [0.2, 0.25) is 0 Å². The molecule has 0 radical (unpaired) electrons. The lowest BCUT2D eigenvalue weighted by Crippen LogP contribution is -2.12. The number of primary amides is 1. The van der Waals surface area contributed by atoms with Gasteiger partial charge in [-0.05, 0) is 72.9 Å². The minimum absolute atomic E-state index is 0.192. The topological polar surface area (TPSA) is 156 Å². The van der Waals surface area contributed by atoms with E-state index in [1.165, 1.54) is 36.1 Å². The Morgan fingerprint density at radius 3 is 2.54 bits per heavy atom. The average molecular weight is 517 g/mol. The molecule has 1 aliphatic rings. The number of rotatable bonds is 4. The molecule has 11 heteroatoms. The number of aryl methyl sites for hydroxylation is 2. The summed E-state index contributed by atoms with van der Waals surface area (Å²) in [7, 11) is 0. The highest BCUT2D eigenvalue weighted by Gasteiger charge is 2.20. The molecule has 0 unspecified atom stereocenters. The van der Waals surface area contributed by atoms with Crippen LogP contribution >= 0.6 is 0 Å². The van der Waals surface area contributed by atoms with Crippen LogP contribution in [0.1, 0.15) is 28.0 Å². The summed E-state index contributed by atoms with van der Waals surface area (Å²) in [6.07, 6.45) is 13.0. The Bertz CT molecular complexity index is 1780. The number of hydrogen-bond donors (Lipinski definition) is 2. The zero-order valence-electron chi connectivity index (χ0n) is 20.8. The van der Waals surface area contributed by atoms with E-state index < -0.39 is 5.91 Å². The van der Waals surface area contributed by atoms with Gasteiger partial charge in [0.1, 0.15) is 17.0 Å². The summed E-state index contributed by atoms with van der Waals surface area (Å²) in [6.45, 7) is 0. The Hall–Kier alpha value is -5.45. The van der Waals surface area contributed by atoms with E-state index in [-0.39, 0.29) is 5.69 Å². The van der Waals surface area contributed by atoms with E-state index in [0.717, 1.165) is 46.9 Å². The van der Waals surface area contributed by atoms with Crippen molar-refractivity contribution in [1.82, 2.24) is 39.3 Å². The van der Waals surface area contributed by atoms with Crippen LogP contribution in [0.4, 0.5) is 5.82 Å². The molecule has 11 nitrogen and oxygen atoms in total. The summed E-state index contributed by atoms with van der Waals surface area (Å²) in [5.41, 5.74) is 17.5. The molecule has 1 amide bonds. The van der Waals surface area contributed by atoms with Crippen molar-refractivity contribution in [3.05, 3.63) is 103 Å². The largest absolute Gasteiger partial charge is 0.383 e. The van der Waals surface area contributed by atoms with E-state index in [0.29, 0.717) is 5.82 Å². The van der Waals surface area contributed by atoms with Gasteiger partial charge < -0.3 is 11.5 Å². The number of nitrogens with zero attached hydrogens (tertiary/aromatic N) is 8. The Morgan fingerprint density at radius 1 is 0.897 bits per heavy atom. The zero-order valence-corrected chi connectivity index (χ0v) is 20.8. The first-order valence-electron chi connectivity index (χ1n) is 12.4. The van der Waals surface area contributed by atoms with Gasteiger partial charge in [-0.15, -0.1) is 0 Å². The Labute approximate surface area is 223 Å². The summed E-state index contributed by atoms with van der Waals surface area (Å²) in [6, 6.07) is 16.2. The predicted octanol–water partition coefficient (Wildman–Crippen LogP) is 3.31. The minimum Gasteiger partial charge on any atom is -0.383 e. The predicted molar refractivity (Wildman–Crippen MR) is 146 cm³/mol. The van der Waals surface area contributed by atoms with Gasteiger partial charge in [-0.2, -0.15) is 5.10 Å². The lowest BCUT2D eigenvalue weighted by atomic mass is 10.1. The Morgan fingerprint density at radius 2 is 1.79 bits per heavy atom. The molecule has 7 rings (SSSR count). The van der Waals surface area contributed by atoms with Crippen molar-refractivity contribution >= 4 is 22.9 Å². The van der Waals surface area contributed by atoms with Gasteiger partial charge in [0.25, 0.3) is 5.91 Å². The van der Waals surface area contributed by atoms with E-state index in [1.54, 1.807) is 17.1 Å². The van der Waals surface area contributed by atoms with Crippen LogP contribution in [0.3, 0.4) is 0 Å². The van der Waals surface area contributed by atoms with Crippen molar-refractivity contribution in [2.75, 3.05) is 5.73 Å². The van der Waals surface area contributed by atoms with Gasteiger partial charge in [-0.25, -0.2) is 24.6 Å². The summed E-state index contributed by atoms with van der Waals surface area (Å²) in [5.74, 6) is 1.37. The van der Waals surface area contributed by atoms with Gasteiger partial charge in [0.15, 0.2) is 17.3 Å². The van der Waals surface area contributed by atoms with Gasteiger partial charge in [-0.3, -0.25) is 14.3 Å². The van der Waals surface area contributed by atoms with E-state index in [2.05, 4.69) is 42.8 Å². The number of anilines is 1. The third kappa shape index (κ3) is 4.68. The molecule has 0 fully saturated rings. The number of nitrogens with two attached hydrogens (primary N) is 2. The van der Waals surface area contributed by atoms with E-state index in [4.69, 9.17) is 21.4 Å². The molecule has 0 bridgehead atoms. The van der Waals surface area contributed by atoms with Crippen molar-refractivity contribution in [2.24, 2.45) is 5.73 Å². The molecule has 192 valence electrons. The number of fused-ring (bicyclic) bond motifs is 2. The molecule has 0 saturated heterocycles. The average Bonchev–Trinajstić information content (AvgIpc) is 3.73. The van der Waals surface area contributed by atoms with Crippen molar-refractivity contribution in [3.8, 4) is 22.9 Å². The number of pyridine rings is 2. The number of hydrogen-bond acceptors (Lipinski definition) is 8. The molecule has 5 aromatic heterocycles. The van der Waals surface area contributed by atoms with Crippen LogP contribution in [-0.4, -0.2) is 45.2 Å². The first-order valence-corrected chi connectivity index (χ1v) is 12.4. The summed E-state index contributed by atoms with van der Waals surface area (Å²) >= 11 is 0. The summed E-state index contributed by atoms with van der Waals surface area (Å²) in [4.78, 5) is 31.7. The standard InChI is InChI=1S/C23H19N7.C5H5N3O/c24-21-18(6-2-11-25-21)22-27-19-9-10-20(29-13-3-12-26-29)28-23(19)30(22)17-8-7-15-4-1-5-16(15)14-17;6-5(9)4-3-7-1-2-8-4/h2-3,6-14H,1,4-5H2,(H2,24,25);1-3H,(H2,6,9). The molecule has 4 N–H and O–H groups in total. The number of carbonyl (C=O) groups is 1. The normalized spacial score (nSPS) is 12.1. The van der Waals surface area contributed by atoms with E-state index >= 15 is 0 Å². The van der Waals surface area contributed by atoms with Crippen LogP contribution in [0.2, 0.25) is 0 Å². The van der Waals surface area contributed by atoms with Gasteiger partial charge in [-0.1, -0.05) is 6.07 Å². The van der Waals surface area contributed by atoms with Crippen LogP contribution in [0, 0.1) is 0 Å². The van der Waals surface area contributed by atoms with E-state index in [9.17, 15) is 4.79 Å². The van der Waals surface area contributed by atoms with Gasteiger partial charge in [0, 0.05) is 36.7 Å². The van der Waals surface area contributed by atoms with Crippen molar-refractivity contribution in [2.45, 2.75) is 19.3 Å². The highest BCUT2D eigenvalue weighted by Crippen LogP contribution is 2.32. The molecule has 6 aromatic rings. The minimum atomic E-state index is -0.553. The van der Waals surface area contributed by atoms with Crippen LogP contribution in [0.15, 0.2) is 85.7 Å². The molecule has 1 aliphatic carbocycles. The molecule has 0 spiro atoms. The van der Waals surface area contributed by atoms with Crippen molar-refractivity contribution in [1.29, 1.82) is 0 Å². The van der Waals surface area contributed by atoms with Crippen molar-refractivity contribution < 1.29 is 4.79 Å². The third-order valence-electron chi connectivity index (χ3n) is 6.46. The SMILES string of the molecule is NC(=O)c1cnccn1.Nc1ncccc1-c1nc2ccc(-n3cccn3)nc2n1-c1ccc2c(c1)CCC2. The number of nitrogen functional groups attached to an aromatic ring is 1. The first-order chi connectivity index (χ1) is 19.1. The second kappa shape index (κ2) is 10.1. The fraction of sp³-hybridized carbons (Fsp3) is 0.107. The summed E-state index contributed by atoms with van der Waals surface area (Å²) < 4.78 is 3.83. The lowest BCUT2D eigenvalue weighted by Gasteiger charge is -2.12. The Kier molecular flexibility index (Phi) is 6.21. The second-order valence-corrected chi connectivity index (χ2v) is 8.93. The number of benzene rings is 1. The zero-order chi connectivity index (χ0) is 26.8. The van der Waals surface area contributed by atoms with Crippen LogP contribution in [0.5, 0.6) is 0 Å². The second-order valence-electron chi connectivity index (χ2n) is 8.93. The van der Waals surface area contributed by atoms with E-state index in [1.807, 2.05) is 36.5 Å². The highest BCUT2D eigenvalue weighted by atomic mass is 16.1. The van der Waals surface area contributed by atoms with Gasteiger partial charge >= 0.3 is 0 Å². The molecule has 39 heavy (non-hydrogen) atoms. The number of aromatic nitrogens is 8. The molecule has 5 heterocycles. The fourth-order valence-electron chi connectivity index (χ4n) is 4.63. The maximum atomic E-state index is 10.3. The summed E-state index contributed by atoms with van der Waals surface area (Å²) in [5, 5.41) is 4.32. The number of carbonyl (C=O) groups excluding carboxylic acids is 1. The van der Waals surface area contributed by atoms with Crippen LogP contribution in [0.25, 0.3) is 34.1 Å². The number of imidazole rings is 1. The van der Waals surface area contributed by atoms with Crippen LogP contribution < -0.4 is 11.5 Å². The molecule has 1 aromatic carbocycles. The maximum absolute atomic E-state index is 10.3. The first kappa shape index (κ1) is 23.9. The maximum Gasteiger partial charge on any atom is 0.268 e. The molecule has 0 atom stereocenters. The Balaban J connectivity index is 0.000000263. The lowest BCUT2D eigenvalue weighted by molar-refractivity contribution is 0.0995. The molecule has 0 aliphatic heterocycles. The smallest absolute Gasteiger partial charge is 0.268 e. The van der Waals surface area contributed by atoms with Crippen LogP contribution in [-0.2, 0) is 12.8 Å². The quantitative estimate of drug-likeness (QED) is 0.361. The third-order valence-corrected chi connectivity index (χ3v) is 6.46. The molecular formula is C28H24N10O. The monoisotopic (exact) mass is 516 g/mol. The van der Waals surface area contributed by atoms with Gasteiger partial charge in [0.05, 0.1) is 11.8 Å². The molecule has 0 saturated carbocycles.